The van der Waals surface area contributed by atoms with Gasteiger partial charge in [-0.2, -0.15) is 0 Å². The molecule has 0 aliphatic heterocycles. The molecule has 4 heteroatoms. The van der Waals surface area contributed by atoms with E-state index in [0.717, 1.165) is 31.2 Å². The standard InChI is InChI=1S/C21H27N3O/c1-3-22-21(23-14-13-17-11-7-8-12-20(17)25-2)24-19-15-18(19)16-9-5-4-6-10-16/h4-12,18-19H,3,13-15H2,1-2H3,(H2,22,23,24). The fourth-order valence-electron chi connectivity index (χ4n) is 3.12. The lowest BCUT2D eigenvalue weighted by Crippen LogP contribution is -2.39. The molecule has 1 aliphatic carbocycles. The van der Waals surface area contributed by atoms with Gasteiger partial charge < -0.3 is 15.4 Å². The molecule has 3 rings (SSSR count). The second-order valence-corrected chi connectivity index (χ2v) is 6.33. The highest BCUT2D eigenvalue weighted by molar-refractivity contribution is 5.80. The van der Waals surface area contributed by atoms with Gasteiger partial charge in [-0.25, -0.2) is 0 Å². The molecule has 4 nitrogen and oxygen atoms in total. The summed E-state index contributed by atoms with van der Waals surface area (Å²) in [6.07, 6.45) is 2.04. The fourth-order valence-corrected chi connectivity index (χ4v) is 3.12. The molecule has 0 heterocycles. The summed E-state index contributed by atoms with van der Waals surface area (Å²) >= 11 is 0. The largest absolute Gasteiger partial charge is 0.496 e. The average molecular weight is 337 g/mol. The van der Waals surface area contributed by atoms with Crippen LogP contribution in [0.3, 0.4) is 0 Å². The molecule has 2 atom stereocenters. The molecule has 1 saturated carbocycles. The van der Waals surface area contributed by atoms with E-state index < -0.39 is 0 Å². The van der Waals surface area contributed by atoms with Crippen LogP contribution < -0.4 is 15.4 Å². The Balaban J connectivity index is 1.55. The van der Waals surface area contributed by atoms with E-state index >= 15 is 0 Å². The molecule has 0 aromatic heterocycles. The van der Waals surface area contributed by atoms with Crippen molar-refractivity contribution in [2.45, 2.75) is 31.7 Å². The zero-order valence-corrected chi connectivity index (χ0v) is 15.0. The maximum atomic E-state index is 5.41. The van der Waals surface area contributed by atoms with Crippen LogP contribution in [0.25, 0.3) is 0 Å². The highest BCUT2D eigenvalue weighted by Crippen LogP contribution is 2.40. The van der Waals surface area contributed by atoms with Crippen LogP contribution in [-0.2, 0) is 6.42 Å². The van der Waals surface area contributed by atoms with Gasteiger partial charge in [0.2, 0.25) is 0 Å². The van der Waals surface area contributed by atoms with E-state index in [1.807, 2.05) is 18.2 Å². The number of benzene rings is 2. The topological polar surface area (TPSA) is 45.7 Å². The van der Waals surface area contributed by atoms with Crippen molar-refractivity contribution < 1.29 is 4.74 Å². The van der Waals surface area contributed by atoms with Gasteiger partial charge in [0.25, 0.3) is 0 Å². The van der Waals surface area contributed by atoms with E-state index in [9.17, 15) is 0 Å². The van der Waals surface area contributed by atoms with E-state index in [1.165, 1.54) is 17.5 Å². The predicted octanol–water partition coefficient (Wildman–Crippen LogP) is 3.35. The maximum absolute atomic E-state index is 5.41. The number of rotatable bonds is 7. The highest BCUT2D eigenvalue weighted by atomic mass is 16.5. The summed E-state index contributed by atoms with van der Waals surface area (Å²) in [4.78, 5) is 4.73. The third-order valence-electron chi connectivity index (χ3n) is 4.53. The Morgan fingerprint density at radius 1 is 1.12 bits per heavy atom. The molecule has 132 valence electrons. The molecule has 1 aliphatic rings. The molecule has 2 unspecified atom stereocenters. The summed E-state index contributed by atoms with van der Waals surface area (Å²) in [6.45, 7) is 3.70. The molecular formula is C21H27N3O. The van der Waals surface area contributed by atoms with Crippen LogP contribution >= 0.6 is 0 Å². The Morgan fingerprint density at radius 3 is 2.64 bits per heavy atom. The van der Waals surface area contributed by atoms with Gasteiger partial charge in [0.05, 0.1) is 7.11 Å². The van der Waals surface area contributed by atoms with Crippen molar-refractivity contribution >= 4 is 5.96 Å². The summed E-state index contributed by atoms with van der Waals surface area (Å²) in [5.74, 6) is 2.43. The van der Waals surface area contributed by atoms with E-state index in [4.69, 9.17) is 9.73 Å². The summed E-state index contributed by atoms with van der Waals surface area (Å²) in [7, 11) is 1.71. The molecule has 0 bridgehead atoms. The van der Waals surface area contributed by atoms with Crippen LogP contribution in [0.4, 0.5) is 0 Å². The molecule has 1 fully saturated rings. The minimum Gasteiger partial charge on any atom is -0.496 e. The van der Waals surface area contributed by atoms with Gasteiger partial charge in [0.1, 0.15) is 5.75 Å². The lowest BCUT2D eigenvalue weighted by molar-refractivity contribution is 0.410. The second-order valence-electron chi connectivity index (χ2n) is 6.33. The number of nitrogens with one attached hydrogen (secondary N) is 2. The predicted molar refractivity (Wildman–Crippen MR) is 103 cm³/mol. The van der Waals surface area contributed by atoms with Crippen molar-refractivity contribution in [1.82, 2.24) is 10.6 Å². The number of nitrogens with zero attached hydrogens (tertiary/aromatic N) is 1. The molecule has 0 amide bonds. The molecule has 0 radical (unpaired) electrons. The molecular weight excluding hydrogens is 310 g/mol. The van der Waals surface area contributed by atoms with Crippen molar-refractivity contribution in [2.24, 2.45) is 4.99 Å². The maximum Gasteiger partial charge on any atom is 0.191 e. The van der Waals surface area contributed by atoms with Crippen molar-refractivity contribution in [3.63, 3.8) is 0 Å². The van der Waals surface area contributed by atoms with Crippen LogP contribution in [0.2, 0.25) is 0 Å². The molecule has 0 saturated heterocycles. The molecule has 2 aromatic rings. The summed E-state index contributed by atoms with van der Waals surface area (Å²) < 4.78 is 5.41. The number of hydrogen-bond acceptors (Lipinski definition) is 2. The number of hydrogen-bond donors (Lipinski definition) is 2. The number of aliphatic imine (C=N–C) groups is 1. The van der Waals surface area contributed by atoms with Gasteiger partial charge in [-0.1, -0.05) is 48.5 Å². The number of para-hydroxylation sites is 1. The van der Waals surface area contributed by atoms with Gasteiger partial charge in [-0.05, 0) is 37.0 Å². The van der Waals surface area contributed by atoms with Gasteiger partial charge >= 0.3 is 0 Å². The van der Waals surface area contributed by atoms with Crippen LogP contribution in [-0.4, -0.2) is 32.2 Å². The summed E-state index contributed by atoms with van der Waals surface area (Å²) in [5.41, 5.74) is 2.60. The molecule has 25 heavy (non-hydrogen) atoms. The number of methoxy groups -OCH3 is 1. The zero-order chi connectivity index (χ0) is 17.5. The highest BCUT2D eigenvalue weighted by Gasteiger charge is 2.38. The average Bonchev–Trinajstić information content (AvgIpc) is 3.42. The Bertz CT molecular complexity index is 699. The first kappa shape index (κ1) is 17.3. The first-order valence-corrected chi connectivity index (χ1v) is 9.03. The Morgan fingerprint density at radius 2 is 1.88 bits per heavy atom. The molecule has 0 spiro atoms. The minimum atomic E-state index is 0.478. The zero-order valence-electron chi connectivity index (χ0n) is 15.0. The monoisotopic (exact) mass is 337 g/mol. The minimum absolute atomic E-state index is 0.478. The van der Waals surface area contributed by atoms with Crippen molar-refractivity contribution in [2.75, 3.05) is 20.2 Å². The fraction of sp³-hybridized carbons (Fsp3) is 0.381. The Hall–Kier alpha value is -2.49. The summed E-state index contributed by atoms with van der Waals surface area (Å²) in [6, 6.07) is 19.3. The molecule has 2 aromatic carbocycles. The first-order valence-electron chi connectivity index (χ1n) is 9.03. The first-order chi connectivity index (χ1) is 12.3. The Kier molecular flexibility index (Phi) is 5.94. The van der Waals surface area contributed by atoms with E-state index in [2.05, 4.69) is 54.0 Å². The second kappa shape index (κ2) is 8.56. The van der Waals surface area contributed by atoms with Crippen molar-refractivity contribution in [3.8, 4) is 5.75 Å². The van der Waals surface area contributed by atoms with Gasteiger partial charge in [-0.3, -0.25) is 4.99 Å². The van der Waals surface area contributed by atoms with Gasteiger partial charge in [0, 0.05) is 25.0 Å². The normalized spacial score (nSPS) is 19.4. The van der Waals surface area contributed by atoms with E-state index in [-0.39, 0.29) is 0 Å². The van der Waals surface area contributed by atoms with Crippen molar-refractivity contribution in [1.29, 1.82) is 0 Å². The van der Waals surface area contributed by atoms with E-state index in [0.29, 0.717) is 12.0 Å². The quantitative estimate of drug-likeness (QED) is 0.602. The van der Waals surface area contributed by atoms with Crippen LogP contribution in [0.15, 0.2) is 59.6 Å². The van der Waals surface area contributed by atoms with Crippen molar-refractivity contribution in [3.05, 3.63) is 65.7 Å². The SMILES string of the molecule is CCNC(=NCCc1ccccc1OC)NC1CC1c1ccccc1. The summed E-state index contributed by atoms with van der Waals surface area (Å²) in [5, 5.41) is 6.91. The van der Waals surface area contributed by atoms with Gasteiger partial charge in [0.15, 0.2) is 5.96 Å². The Labute approximate surface area is 150 Å². The van der Waals surface area contributed by atoms with Crippen LogP contribution in [0.5, 0.6) is 5.75 Å². The lowest BCUT2D eigenvalue weighted by Gasteiger charge is -2.12. The third kappa shape index (κ3) is 4.75. The smallest absolute Gasteiger partial charge is 0.191 e. The lowest BCUT2D eigenvalue weighted by atomic mass is 10.1. The number of guanidine groups is 1. The number of ether oxygens (including phenoxy) is 1. The third-order valence-corrected chi connectivity index (χ3v) is 4.53. The van der Waals surface area contributed by atoms with Gasteiger partial charge in [-0.15, -0.1) is 0 Å². The molecule has 2 N–H and O–H groups in total. The van der Waals surface area contributed by atoms with E-state index in [1.54, 1.807) is 7.11 Å². The van der Waals surface area contributed by atoms with Crippen LogP contribution in [0.1, 0.15) is 30.4 Å². The van der Waals surface area contributed by atoms with Crippen LogP contribution in [0, 0.1) is 0 Å².